The van der Waals surface area contributed by atoms with E-state index < -0.39 is 0 Å². The summed E-state index contributed by atoms with van der Waals surface area (Å²) in [5.74, 6) is -0.158. The first-order chi connectivity index (χ1) is 6.34. The zero-order valence-corrected chi connectivity index (χ0v) is 8.08. The number of hydrogen-bond acceptors (Lipinski definition) is 2. The molecule has 0 amide bonds. The zero-order chi connectivity index (χ0) is 9.52. The number of carbonyl (C=O) groups excluding carboxylic acids is 1. The van der Waals surface area contributed by atoms with Crippen molar-refractivity contribution < 1.29 is 9.53 Å². The summed E-state index contributed by atoms with van der Waals surface area (Å²) < 4.78 is 4.94. The van der Waals surface area contributed by atoms with Crippen LogP contribution in [0, 0.1) is 0 Å². The van der Waals surface area contributed by atoms with E-state index >= 15 is 0 Å². The molecule has 0 unspecified atom stereocenters. The third kappa shape index (κ3) is 3.45. The maximum Gasteiger partial charge on any atom is 0.333 e. The third-order valence-electron chi connectivity index (χ3n) is 2.04. The van der Waals surface area contributed by atoms with Gasteiger partial charge in [0.25, 0.3) is 0 Å². The summed E-state index contributed by atoms with van der Waals surface area (Å²) in [5.41, 5.74) is 0.804. The van der Waals surface area contributed by atoms with Gasteiger partial charge in [0.15, 0.2) is 0 Å². The van der Waals surface area contributed by atoms with Gasteiger partial charge in [-0.05, 0) is 32.6 Å². The van der Waals surface area contributed by atoms with Crippen LogP contribution in [0.25, 0.3) is 0 Å². The van der Waals surface area contributed by atoms with Crippen molar-refractivity contribution in [1.82, 2.24) is 0 Å². The molecule has 0 aromatic heterocycles. The topological polar surface area (TPSA) is 26.3 Å². The smallest absolute Gasteiger partial charge is 0.333 e. The van der Waals surface area contributed by atoms with Gasteiger partial charge < -0.3 is 4.74 Å². The molecule has 0 spiro atoms. The van der Waals surface area contributed by atoms with E-state index in [1.54, 1.807) is 0 Å². The Kier molecular flexibility index (Phi) is 4.30. The SMILES string of the molecule is CCOC(=O)/C1=C/C=C\CCCC1. The summed E-state index contributed by atoms with van der Waals surface area (Å²) in [4.78, 5) is 11.3. The molecule has 1 rings (SSSR count). The first-order valence-corrected chi connectivity index (χ1v) is 4.87. The molecule has 0 saturated carbocycles. The lowest BCUT2D eigenvalue weighted by molar-refractivity contribution is -0.138. The van der Waals surface area contributed by atoms with Crippen molar-refractivity contribution in [2.24, 2.45) is 0 Å². The molecule has 0 atom stereocenters. The van der Waals surface area contributed by atoms with Crippen LogP contribution < -0.4 is 0 Å². The molecule has 13 heavy (non-hydrogen) atoms. The molecule has 0 N–H and O–H groups in total. The summed E-state index contributed by atoms with van der Waals surface area (Å²) in [6, 6.07) is 0. The van der Waals surface area contributed by atoms with E-state index in [1.165, 1.54) is 0 Å². The van der Waals surface area contributed by atoms with Crippen LogP contribution in [-0.4, -0.2) is 12.6 Å². The molecule has 0 heterocycles. The van der Waals surface area contributed by atoms with Crippen LogP contribution in [0.4, 0.5) is 0 Å². The highest BCUT2D eigenvalue weighted by Crippen LogP contribution is 2.14. The second-order valence-corrected chi connectivity index (χ2v) is 3.09. The Morgan fingerprint density at radius 1 is 1.54 bits per heavy atom. The molecular weight excluding hydrogens is 164 g/mol. The van der Waals surface area contributed by atoms with Crippen molar-refractivity contribution >= 4 is 5.97 Å². The minimum Gasteiger partial charge on any atom is -0.463 e. The van der Waals surface area contributed by atoms with Crippen LogP contribution in [0.1, 0.15) is 32.6 Å². The molecule has 0 fully saturated rings. The number of carbonyl (C=O) groups is 1. The number of esters is 1. The molecule has 1 aliphatic rings. The van der Waals surface area contributed by atoms with Crippen molar-refractivity contribution in [2.75, 3.05) is 6.61 Å². The van der Waals surface area contributed by atoms with Gasteiger partial charge in [-0.1, -0.05) is 18.2 Å². The first kappa shape index (κ1) is 10.0. The van der Waals surface area contributed by atoms with Crippen LogP contribution in [0.2, 0.25) is 0 Å². The highest BCUT2D eigenvalue weighted by molar-refractivity contribution is 5.88. The molecule has 0 aliphatic heterocycles. The highest BCUT2D eigenvalue weighted by Gasteiger charge is 2.09. The van der Waals surface area contributed by atoms with E-state index in [-0.39, 0.29) is 5.97 Å². The van der Waals surface area contributed by atoms with Crippen LogP contribution in [0.5, 0.6) is 0 Å². The lowest BCUT2D eigenvalue weighted by Gasteiger charge is -2.07. The van der Waals surface area contributed by atoms with Crippen molar-refractivity contribution in [3.8, 4) is 0 Å². The van der Waals surface area contributed by atoms with E-state index in [9.17, 15) is 4.79 Å². The zero-order valence-electron chi connectivity index (χ0n) is 8.08. The van der Waals surface area contributed by atoms with E-state index in [4.69, 9.17) is 4.74 Å². The average Bonchev–Trinajstić information content (AvgIpc) is 2.03. The Morgan fingerprint density at radius 2 is 2.38 bits per heavy atom. The van der Waals surface area contributed by atoms with Crippen molar-refractivity contribution in [3.63, 3.8) is 0 Å². The Hall–Kier alpha value is -1.05. The minimum atomic E-state index is -0.158. The van der Waals surface area contributed by atoms with Gasteiger partial charge in [-0.15, -0.1) is 0 Å². The summed E-state index contributed by atoms with van der Waals surface area (Å²) in [6.07, 6.45) is 10.1. The standard InChI is InChI=1S/C11H16O2/c1-2-13-11(12)10-8-6-4-3-5-7-9-10/h4,6,8H,2-3,5,7,9H2,1H3/b6-4-,10-8+. The van der Waals surface area contributed by atoms with E-state index in [1.807, 2.05) is 19.1 Å². The van der Waals surface area contributed by atoms with Gasteiger partial charge in [0.1, 0.15) is 0 Å². The predicted molar refractivity (Wildman–Crippen MR) is 52.3 cm³/mol. The number of hydrogen-bond donors (Lipinski definition) is 0. The normalized spacial score (nSPS) is 23.6. The van der Waals surface area contributed by atoms with Gasteiger partial charge in [-0.3, -0.25) is 0 Å². The molecule has 0 radical (unpaired) electrons. The van der Waals surface area contributed by atoms with E-state index in [0.29, 0.717) is 6.61 Å². The summed E-state index contributed by atoms with van der Waals surface area (Å²) in [7, 11) is 0. The molecular formula is C11H16O2. The Morgan fingerprint density at radius 3 is 3.15 bits per heavy atom. The maximum atomic E-state index is 11.3. The van der Waals surface area contributed by atoms with Crippen molar-refractivity contribution in [1.29, 1.82) is 0 Å². The summed E-state index contributed by atoms with van der Waals surface area (Å²) in [6.45, 7) is 2.29. The van der Waals surface area contributed by atoms with E-state index in [2.05, 4.69) is 6.08 Å². The van der Waals surface area contributed by atoms with Gasteiger partial charge in [0.05, 0.1) is 6.61 Å². The molecule has 0 aromatic carbocycles. The Bertz CT molecular complexity index is 226. The van der Waals surface area contributed by atoms with Crippen LogP contribution in [0.15, 0.2) is 23.8 Å². The molecule has 0 saturated heterocycles. The molecule has 0 bridgehead atoms. The quantitative estimate of drug-likeness (QED) is 0.610. The third-order valence-corrected chi connectivity index (χ3v) is 2.04. The predicted octanol–water partition coefficient (Wildman–Crippen LogP) is 2.61. The number of allylic oxidation sites excluding steroid dienone is 3. The number of ether oxygens (including phenoxy) is 1. The highest BCUT2D eigenvalue weighted by atomic mass is 16.5. The van der Waals surface area contributed by atoms with Crippen molar-refractivity contribution in [3.05, 3.63) is 23.8 Å². The lowest BCUT2D eigenvalue weighted by atomic mass is 10.0. The summed E-state index contributed by atoms with van der Waals surface area (Å²) >= 11 is 0. The monoisotopic (exact) mass is 180 g/mol. The Labute approximate surface area is 79.3 Å². The lowest BCUT2D eigenvalue weighted by Crippen LogP contribution is -2.08. The second-order valence-electron chi connectivity index (χ2n) is 3.09. The van der Waals surface area contributed by atoms with Crippen molar-refractivity contribution in [2.45, 2.75) is 32.6 Å². The maximum absolute atomic E-state index is 11.3. The van der Waals surface area contributed by atoms with Gasteiger partial charge in [-0.25, -0.2) is 4.79 Å². The largest absolute Gasteiger partial charge is 0.463 e. The fourth-order valence-electron chi connectivity index (χ4n) is 1.34. The van der Waals surface area contributed by atoms with Gasteiger partial charge in [0, 0.05) is 5.57 Å². The number of rotatable bonds is 2. The van der Waals surface area contributed by atoms with Crippen LogP contribution >= 0.6 is 0 Å². The fourth-order valence-corrected chi connectivity index (χ4v) is 1.34. The van der Waals surface area contributed by atoms with Crippen LogP contribution in [-0.2, 0) is 9.53 Å². The Balaban J connectivity index is 2.58. The van der Waals surface area contributed by atoms with Gasteiger partial charge >= 0.3 is 5.97 Å². The molecule has 2 nitrogen and oxygen atoms in total. The fraction of sp³-hybridized carbons (Fsp3) is 0.545. The molecule has 1 aliphatic carbocycles. The molecule has 2 heteroatoms. The molecule has 0 aromatic rings. The van der Waals surface area contributed by atoms with E-state index in [0.717, 1.165) is 31.3 Å². The van der Waals surface area contributed by atoms with Gasteiger partial charge in [-0.2, -0.15) is 0 Å². The van der Waals surface area contributed by atoms with Crippen LogP contribution in [0.3, 0.4) is 0 Å². The minimum absolute atomic E-state index is 0.158. The average molecular weight is 180 g/mol. The molecule has 72 valence electrons. The second kappa shape index (κ2) is 5.57. The van der Waals surface area contributed by atoms with Gasteiger partial charge in [0.2, 0.25) is 0 Å². The first-order valence-electron chi connectivity index (χ1n) is 4.87. The summed E-state index contributed by atoms with van der Waals surface area (Å²) in [5, 5.41) is 0.